The first-order chi connectivity index (χ1) is 9.60. The van der Waals surface area contributed by atoms with Crippen molar-refractivity contribution in [3.8, 4) is 11.5 Å². The van der Waals surface area contributed by atoms with Gasteiger partial charge >= 0.3 is 0 Å². The molecule has 104 valence electrons. The highest BCUT2D eigenvalue weighted by molar-refractivity contribution is 5.95. The second kappa shape index (κ2) is 6.10. The molecule has 4 heteroatoms. The molecule has 2 aromatic carbocycles. The van der Waals surface area contributed by atoms with Crippen LogP contribution >= 0.6 is 0 Å². The van der Waals surface area contributed by atoms with Gasteiger partial charge in [0.05, 0.1) is 7.11 Å². The van der Waals surface area contributed by atoms with Crippen molar-refractivity contribution in [2.24, 2.45) is 5.73 Å². The smallest absolute Gasteiger partial charge is 0.122 e. The zero-order chi connectivity index (χ0) is 14.5. The van der Waals surface area contributed by atoms with Gasteiger partial charge in [-0.1, -0.05) is 18.2 Å². The second-order valence-electron chi connectivity index (χ2n) is 4.53. The Morgan fingerprint density at radius 3 is 2.65 bits per heavy atom. The Labute approximate surface area is 118 Å². The van der Waals surface area contributed by atoms with Gasteiger partial charge in [-0.05, 0) is 42.3 Å². The van der Waals surface area contributed by atoms with E-state index >= 15 is 0 Å². The summed E-state index contributed by atoms with van der Waals surface area (Å²) >= 11 is 0. The first-order valence-corrected chi connectivity index (χ1v) is 6.31. The quantitative estimate of drug-likeness (QED) is 0.648. The van der Waals surface area contributed by atoms with Gasteiger partial charge in [-0.3, -0.25) is 5.41 Å². The zero-order valence-corrected chi connectivity index (χ0v) is 11.6. The van der Waals surface area contributed by atoms with Crippen LogP contribution in [-0.4, -0.2) is 12.9 Å². The third-order valence-corrected chi connectivity index (χ3v) is 3.01. The molecule has 0 saturated heterocycles. The minimum atomic E-state index is 0.0377. The summed E-state index contributed by atoms with van der Waals surface area (Å²) in [6.07, 6.45) is 0. The standard InChI is InChI=1S/C16H18N2O2/c1-11-8-12(6-7-15(11)19-2)10-20-14-5-3-4-13(9-14)16(17)18/h3-9H,10H2,1-2H3,(H3,17,18). The van der Waals surface area contributed by atoms with E-state index in [2.05, 4.69) is 0 Å². The van der Waals surface area contributed by atoms with E-state index in [9.17, 15) is 0 Å². The topological polar surface area (TPSA) is 68.3 Å². The van der Waals surface area contributed by atoms with Crippen molar-refractivity contribution in [1.82, 2.24) is 0 Å². The van der Waals surface area contributed by atoms with E-state index in [4.69, 9.17) is 20.6 Å². The summed E-state index contributed by atoms with van der Waals surface area (Å²) < 4.78 is 10.9. The predicted molar refractivity (Wildman–Crippen MR) is 79.5 cm³/mol. The maximum atomic E-state index is 7.41. The van der Waals surface area contributed by atoms with Crippen LogP contribution < -0.4 is 15.2 Å². The van der Waals surface area contributed by atoms with E-state index < -0.39 is 0 Å². The van der Waals surface area contributed by atoms with Crippen molar-refractivity contribution in [2.75, 3.05) is 7.11 Å². The van der Waals surface area contributed by atoms with E-state index in [1.165, 1.54) is 0 Å². The van der Waals surface area contributed by atoms with E-state index in [0.29, 0.717) is 17.9 Å². The average molecular weight is 270 g/mol. The molecule has 0 radical (unpaired) electrons. The summed E-state index contributed by atoms with van der Waals surface area (Å²) in [6.45, 7) is 2.46. The lowest BCUT2D eigenvalue weighted by molar-refractivity contribution is 0.306. The van der Waals surface area contributed by atoms with E-state index in [1.807, 2.05) is 37.3 Å². The van der Waals surface area contributed by atoms with Gasteiger partial charge in [-0.25, -0.2) is 0 Å². The summed E-state index contributed by atoms with van der Waals surface area (Å²) in [5, 5.41) is 7.41. The first-order valence-electron chi connectivity index (χ1n) is 6.31. The predicted octanol–water partition coefficient (Wildman–Crippen LogP) is 2.87. The Balaban J connectivity index is 2.07. The summed E-state index contributed by atoms with van der Waals surface area (Å²) in [5.41, 5.74) is 8.26. The van der Waals surface area contributed by atoms with Crippen LogP contribution in [-0.2, 0) is 6.61 Å². The van der Waals surface area contributed by atoms with Gasteiger partial charge in [-0.2, -0.15) is 0 Å². The number of amidine groups is 1. The fourth-order valence-electron chi connectivity index (χ4n) is 1.95. The van der Waals surface area contributed by atoms with Crippen LogP contribution in [0, 0.1) is 12.3 Å². The molecule has 0 unspecified atom stereocenters. The fraction of sp³-hybridized carbons (Fsp3) is 0.188. The van der Waals surface area contributed by atoms with Gasteiger partial charge in [0.2, 0.25) is 0 Å². The van der Waals surface area contributed by atoms with Gasteiger partial charge in [0.1, 0.15) is 23.9 Å². The second-order valence-corrected chi connectivity index (χ2v) is 4.53. The SMILES string of the molecule is COc1ccc(COc2cccc(C(=N)N)c2)cc1C. The molecule has 2 aromatic rings. The van der Waals surface area contributed by atoms with Crippen LogP contribution in [0.5, 0.6) is 11.5 Å². The van der Waals surface area contributed by atoms with Gasteiger partial charge in [0.25, 0.3) is 0 Å². The number of benzene rings is 2. The summed E-state index contributed by atoms with van der Waals surface area (Å²) in [5.74, 6) is 1.61. The Bertz CT molecular complexity index is 624. The number of nitrogens with two attached hydrogens (primary N) is 1. The van der Waals surface area contributed by atoms with Crippen molar-refractivity contribution in [3.63, 3.8) is 0 Å². The van der Waals surface area contributed by atoms with Crippen molar-refractivity contribution in [1.29, 1.82) is 5.41 Å². The fourth-order valence-corrected chi connectivity index (χ4v) is 1.95. The molecule has 0 aliphatic carbocycles. The summed E-state index contributed by atoms with van der Waals surface area (Å²) in [7, 11) is 1.66. The number of nitrogens with one attached hydrogen (secondary N) is 1. The molecule has 0 saturated carbocycles. The molecular formula is C16H18N2O2. The molecule has 0 atom stereocenters. The molecule has 0 aromatic heterocycles. The Morgan fingerprint density at radius 2 is 2.00 bits per heavy atom. The zero-order valence-electron chi connectivity index (χ0n) is 11.6. The molecule has 0 spiro atoms. The Morgan fingerprint density at radius 1 is 1.20 bits per heavy atom. The number of methoxy groups -OCH3 is 1. The number of ether oxygens (including phenoxy) is 2. The van der Waals surface area contributed by atoms with Gasteiger partial charge in [0, 0.05) is 5.56 Å². The molecule has 2 rings (SSSR count). The number of hydrogen-bond acceptors (Lipinski definition) is 3. The molecule has 0 amide bonds. The van der Waals surface area contributed by atoms with E-state index in [-0.39, 0.29) is 5.84 Å². The van der Waals surface area contributed by atoms with Crippen LogP contribution in [0.3, 0.4) is 0 Å². The third kappa shape index (κ3) is 3.29. The Hall–Kier alpha value is -2.49. The van der Waals surface area contributed by atoms with Crippen molar-refractivity contribution in [3.05, 3.63) is 59.2 Å². The van der Waals surface area contributed by atoms with Crippen LogP contribution in [0.25, 0.3) is 0 Å². The molecule has 4 nitrogen and oxygen atoms in total. The first kappa shape index (κ1) is 13.9. The van der Waals surface area contributed by atoms with E-state index in [0.717, 1.165) is 16.9 Å². The minimum absolute atomic E-state index is 0.0377. The lowest BCUT2D eigenvalue weighted by Gasteiger charge is -2.10. The normalized spacial score (nSPS) is 10.1. The van der Waals surface area contributed by atoms with Crippen molar-refractivity contribution >= 4 is 5.84 Å². The van der Waals surface area contributed by atoms with Gasteiger partial charge in [0.15, 0.2) is 0 Å². The van der Waals surface area contributed by atoms with Gasteiger partial charge < -0.3 is 15.2 Å². The number of hydrogen-bond donors (Lipinski definition) is 2. The molecule has 0 heterocycles. The van der Waals surface area contributed by atoms with Crippen molar-refractivity contribution < 1.29 is 9.47 Å². The lowest BCUT2D eigenvalue weighted by atomic mass is 10.1. The monoisotopic (exact) mass is 270 g/mol. The molecular weight excluding hydrogens is 252 g/mol. The van der Waals surface area contributed by atoms with Gasteiger partial charge in [-0.15, -0.1) is 0 Å². The molecule has 0 fully saturated rings. The van der Waals surface area contributed by atoms with Crippen LogP contribution in [0.4, 0.5) is 0 Å². The highest BCUT2D eigenvalue weighted by Crippen LogP contribution is 2.20. The number of rotatable bonds is 5. The maximum absolute atomic E-state index is 7.41. The largest absolute Gasteiger partial charge is 0.496 e. The molecule has 0 aliphatic rings. The minimum Gasteiger partial charge on any atom is -0.496 e. The number of aryl methyl sites for hydroxylation is 1. The summed E-state index contributed by atoms with van der Waals surface area (Å²) in [4.78, 5) is 0. The van der Waals surface area contributed by atoms with Crippen LogP contribution in [0.15, 0.2) is 42.5 Å². The highest BCUT2D eigenvalue weighted by Gasteiger charge is 2.02. The molecule has 0 bridgehead atoms. The van der Waals surface area contributed by atoms with Crippen LogP contribution in [0.2, 0.25) is 0 Å². The molecule has 0 aliphatic heterocycles. The maximum Gasteiger partial charge on any atom is 0.122 e. The van der Waals surface area contributed by atoms with Crippen LogP contribution in [0.1, 0.15) is 16.7 Å². The summed E-state index contributed by atoms with van der Waals surface area (Å²) in [6, 6.07) is 13.2. The lowest BCUT2D eigenvalue weighted by Crippen LogP contribution is -2.10. The number of nitrogen functional groups attached to an aromatic ring is 1. The average Bonchev–Trinajstić information content (AvgIpc) is 2.45. The molecule has 20 heavy (non-hydrogen) atoms. The molecule has 3 N–H and O–H groups in total. The van der Waals surface area contributed by atoms with Crippen molar-refractivity contribution in [2.45, 2.75) is 13.5 Å². The van der Waals surface area contributed by atoms with E-state index in [1.54, 1.807) is 19.2 Å². The highest BCUT2D eigenvalue weighted by atomic mass is 16.5. The Kier molecular flexibility index (Phi) is 4.25. The third-order valence-electron chi connectivity index (χ3n) is 3.01.